The average molecular weight is 168 g/mol. The first kappa shape index (κ1) is 8.22. The standard InChI is InChI=1S/C8H11NOP/c1-2-11(10)8-5-3-7(9)4-6-8/h3-6H,2,9H2,1H3/q+1. The molecule has 1 aromatic carbocycles. The lowest BCUT2D eigenvalue weighted by molar-refractivity contribution is 0.594. The summed E-state index contributed by atoms with van der Waals surface area (Å²) in [5.41, 5.74) is 6.19. The molecule has 0 bridgehead atoms. The number of nitrogen functional groups attached to an aromatic ring is 1. The van der Waals surface area contributed by atoms with Crippen molar-refractivity contribution in [2.75, 3.05) is 11.9 Å². The molecule has 1 rings (SSSR count). The van der Waals surface area contributed by atoms with Crippen molar-refractivity contribution in [3.05, 3.63) is 24.3 Å². The van der Waals surface area contributed by atoms with Crippen molar-refractivity contribution in [2.45, 2.75) is 6.92 Å². The second kappa shape index (κ2) is 3.49. The maximum absolute atomic E-state index is 11.2. The highest BCUT2D eigenvalue weighted by Gasteiger charge is 2.14. The van der Waals surface area contributed by atoms with Crippen LogP contribution in [0, 0.1) is 0 Å². The van der Waals surface area contributed by atoms with E-state index >= 15 is 0 Å². The van der Waals surface area contributed by atoms with Gasteiger partial charge in [0.1, 0.15) is 6.16 Å². The fourth-order valence-electron chi connectivity index (χ4n) is 0.823. The summed E-state index contributed by atoms with van der Waals surface area (Å²) < 4.78 is 11.2. The van der Waals surface area contributed by atoms with Crippen LogP contribution in [0.5, 0.6) is 0 Å². The number of hydrogen-bond donors (Lipinski definition) is 1. The Morgan fingerprint density at radius 2 is 1.91 bits per heavy atom. The van der Waals surface area contributed by atoms with Crippen LogP contribution in [0.25, 0.3) is 0 Å². The molecule has 1 atom stereocenters. The third-order valence-electron chi connectivity index (χ3n) is 1.47. The van der Waals surface area contributed by atoms with Gasteiger partial charge >= 0.3 is 7.80 Å². The van der Waals surface area contributed by atoms with Crippen molar-refractivity contribution in [1.29, 1.82) is 0 Å². The monoisotopic (exact) mass is 168 g/mol. The molecule has 1 aromatic rings. The van der Waals surface area contributed by atoms with Gasteiger partial charge in [0.25, 0.3) is 0 Å². The molecule has 0 aliphatic carbocycles. The molecule has 0 fully saturated rings. The summed E-state index contributed by atoms with van der Waals surface area (Å²) in [4.78, 5) is 0. The van der Waals surface area contributed by atoms with E-state index in [1.54, 1.807) is 12.1 Å². The van der Waals surface area contributed by atoms with Crippen LogP contribution in [0.3, 0.4) is 0 Å². The van der Waals surface area contributed by atoms with E-state index in [2.05, 4.69) is 0 Å². The van der Waals surface area contributed by atoms with Gasteiger partial charge in [-0.15, -0.1) is 0 Å². The molecule has 0 aliphatic rings. The van der Waals surface area contributed by atoms with Crippen LogP contribution in [-0.4, -0.2) is 6.16 Å². The average Bonchev–Trinajstić information content (AvgIpc) is 2.05. The topological polar surface area (TPSA) is 43.1 Å². The minimum Gasteiger partial charge on any atom is -0.399 e. The predicted octanol–water partition coefficient (Wildman–Crippen LogP) is 1.74. The molecule has 0 aliphatic heterocycles. The first-order valence-electron chi connectivity index (χ1n) is 3.54. The fraction of sp³-hybridized carbons (Fsp3) is 0.250. The molecule has 58 valence electrons. The zero-order valence-electron chi connectivity index (χ0n) is 6.45. The van der Waals surface area contributed by atoms with Gasteiger partial charge in [0, 0.05) is 5.69 Å². The Labute approximate surface area is 67.2 Å². The van der Waals surface area contributed by atoms with Crippen LogP contribution in [-0.2, 0) is 4.57 Å². The van der Waals surface area contributed by atoms with E-state index in [1.807, 2.05) is 19.1 Å². The van der Waals surface area contributed by atoms with E-state index < -0.39 is 7.80 Å². The Morgan fingerprint density at radius 3 is 2.36 bits per heavy atom. The zero-order valence-corrected chi connectivity index (χ0v) is 7.34. The van der Waals surface area contributed by atoms with Crippen molar-refractivity contribution in [1.82, 2.24) is 0 Å². The molecular formula is C8H11NOP+. The minimum atomic E-state index is -1.19. The number of anilines is 1. The summed E-state index contributed by atoms with van der Waals surface area (Å²) in [6.07, 6.45) is 0.694. The van der Waals surface area contributed by atoms with Gasteiger partial charge in [-0.25, -0.2) is 0 Å². The van der Waals surface area contributed by atoms with E-state index in [1.165, 1.54) is 0 Å². The van der Waals surface area contributed by atoms with Crippen molar-refractivity contribution >= 4 is 18.8 Å². The second-order valence-corrected chi connectivity index (χ2v) is 4.19. The van der Waals surface area contributed by atoms with Crippen LogP contribution in [0.2, 0.25) is 0 Å². The Hall–Kier alpha value is -0.880. The summed E-state index contributed by atoms with van der Waals surface area (Å²) in [5, 5.41) is 0.886. The van der Waals surface area contributed by atoms with E-state index in [0.717, 1.165) is 5.30 Å². The first-order valence-corrected chi connectivity index (χ1v) is 4.98. The Morgan fingerprint density at radius 1 is 1.36 bits per heavy atom. The predicted molar refractivity (Wildman–Crippen MR) is 48.6 cm³/mol. The largest absolute Gasteiger partial charge is 0.399 e. The zero-order chi connectivity index (χ0) is 8.27. The van der Waals surface area contributed by atoms with Gasteiger partial charge in [0.2, 0.25) is 0 Å². The summed E-state index contributed by atoms with van der Waals surface area (Å²) in [6, 6.07) is 7.19. The number of rotatable bonds is 2. The smallest absolute Gasteiger partial charge is 0.376 e. The van der Waals surface area contributed by atoms with Crippen molar-refractivity contribution in [2.24, 2.45) is 0 Å². The molecule has 0 aromatic heterocycles. The lowest BCUT2D eigenvalue weighted by atomic mass is 10.3. The van der Waals surface area contributed by atoms with Gasteiger partial charge in [0.15, 0.2) is 5.30 Å². The van der Waals surface area contributed by atoms with E-state index in [-0.39, 0.29) is 0 Å². The maximum atomic E-state index is 11.2. The van der Waals surface area contributed by atoms with Crippen molar-refractivity contribution in [3.63, 3.8) is 0 Å². The molecule has 11 heavy (non-hydrogen) atoms. The van der Waals surface area contributed by atoms with Crippen LogP contribution in [0.15, 0.2) is 24.3 Å². The van der Waals surface area contributed by atoms with Crippen LogP contribution in [0.1, 0.15) is 6.92 Å². The normalized spacial score (nSPS) is 11.2. The van der Waals surface area contributed by atoms with Crippen LogP contribution < -0.4 is 11.0 Å². The molecule has 3 heteroatoms. The van der Waals surface area contributed by atoms with E-state index in [4.69, 9.17) is 5.73 Å². The molecular weight excluding hydrogens is 157 g/mol. The first-order chi connectivity index (χ1) is 5.24. The Bertz CT molecular complexity index is 255. The molecule has 0 saturated heterocycles. The third-order valence-corrected chi connectivity index (χ3v) is 2.92. The highest BCUT2D eigenvalue weighted by molar-refractivity contribution is 7.53. The summed E-state index contributed by atoms with van der Waals surface area (Å²) in [6.45, 7) is 1.91. The highest BCUT2D eigenvalue weighted by Crippen LogP contribution is 2.18. The van der Waals surface area contributed by atoms with Gasteiger partial charge in [-0.1, -0.05) is 4.57 Å². The molecule has 0 saturated carbocycles. The molecule has 2 nitrogen and oxygen atoms in total. The number of hydrogen-bond acceptors (Lipinski definition) is 2. The lowest BCUT2D eigenvalue weighted by Crippen LogP contribution is -1.97. The van der Waals surface area contributed by atoms with Gasteiger partial charge in [-0.2, -0.15) is 0 Å². The van der Waals surface area contributed by atoms with Crippen molar-refractivity contribution in [3.8, 4) is 0 Å². The molecule has 0 radical (unpaired) electrons. The molecule has 2 N–H and O–H groups in total. The Kier molecular flexibility index (Phi) is 2.61. The lowest BCUT2D eigenvalue weighted by Gasteiger charge is -1.88. The highest BCUT2D eigenvalue weighted by atomic mass is 31.1. The molecule has 0 spiro atoms. The van der Waals surface area contributed by atoms with Crippen LogP contribution in [0.4, 0.5) is 5.69 Å². The van der Waals surface area contributed by atoms with E-state index in [9.17, 15) is 4.57 Å². The second-order valence-electron chi connectivity index (χ2n) is 2.29. The molecule has 0 amide bonds. The molecule has 0 heterocycles. The molecule has 1 unspecified atom stereocenters. The minimum absolute atomic E-state index is 0.694. The van der Waals surface area contributed by atoms with Gasteiger partial charge in [-0.3, -0.25) is 0 Å². The SMILES string of the molecule is CC[P+](=O)c1ccc(N)cc1. The van der Waals surface area contributed by atoms with Crippen molar-refractivity contribution < 1.29 is 4.57 Å². The van der Waals surface area contributed by atoms with Gasteiger partial charge < -0.3 is 5.73 Å². The maximum Gasteiger partial charge on any atom is 0.376 e. The third kappa shape index (κ3) is 2.02. The summed E-state index contributed by atoms with van der Waals surface area (Å²) in [5.74, 6) is 0. The van der Waals surface area contributed by atoms with Crippen LogP contribution >= 0.6 is 7.80 Å². The number of benzene rings is 1. The fourth-order valence-corrected chi connectivity index (χ4v) is 1.67. The quantitative estimate of drug-likeness (QED) is 0.540. The summed E-state index contributed by atoms with van der Waals surface area (Å²) >= 11 is 0. The van der Waals surface area contributed by atoms with E-state index in [0.29, 0.717) is 11.8 Å². The number of nitrogens with two attached hydrogens (primary N) is 1. The summed E-state index contributed by atoms with van der Waals surface area (Å²) in [7, 11) is -1.19. The Balaban J connectivity index is 2.90. The van der Waals surface area contributed by atoms with Gasteiger partial charge in [0.05, 0.1) is 0 Å². The van der Waals surface area contributed by atoms with Gasteiger partial charge in [-0.05, 0) is 31.2 Å².